The van der Waals surface area contributed by atoms with E-state index in [1.165, 1.54) is 12.1 Å². The molecule has 0 fully saturated rings. The first-order valence-corrected chi connectivity index (χ1v) is 6.81. The molecule has 0 aliphatic carbocycles. The molecule has 21 heavy (non-hydrogen) atoms. The Bertz CT molecular complexity index is 679. The molecule has 0 aliphatic heterocycles. The van der Waals surface area contributed by atoms with Crippen LogP contribution in [0.4, 0.5) is 8.78 Å². The van der Waals surface area contributed by atoms with Crippen molar-refractivity contribution >= 4 is 29.2 Å². The van der Waals surface area contributed by atoms with Crippen LogP contribution < -0.4 is 0 Å². The number of carbonyl (C=O) groups excluding carboxylic acids is 1. The molecule has 2 aromatic carbocycles. The summed E-state index contributed by atoms with van der Waals surface area (Å²) in [5.74, 6) is -3.02. The molecule has 0 saturated heterocycles. The van der Waals surface area contributed by atoms with E-state index in [4.69, 9.17) is 23.2 Å². The van der Waals surface area contributed by atoms with E-state index in [0.717, 1.165) is 12.1 Å². The molecule has 0 aromatic heterocycles. The Morgan fingerprint density at radius 3 is 2.19 bits per heavy atom. The second-order valence-electron chi connectivity index (χ2n) is 4.16. The molecule has 0 amide bonds. The smallest absolute Gasteiger partial charge is 0.344 e. The van der Waals surface area contributed by atoms with E-state index in [1.54, 1.807) is 13.0 Å². The number of esters is 1. The van der Waals surface area contributed by atoms with Gasteiger partial charge in [-0.05, 0) is 42.3 Å². The first-order chi connectivity index (χ1) is 9.93. The lowest BCUT2D eigenvalue weighted by molar-refractivity contribution is 0.0515. The first-order valence-electron chi connectivity index (χ1n) is 6.05. The van der Waals surface area contributed by atoms with E-state index in [0.29, 0.717) is 10.6 Å². The largest absolute Gasteiger partial charge is 0.462 e. The Morgan fingerprint density at radius 2 is 1.67 bits per heavy atom. The molecule has 0 aliphatic rings. The van der Waals surface area contributed by atoms with Gasteiger partial charge in [-0.3, -0.25) is 0 Å². The third kappa shape index (κ3) is 3.34. The SMILES string of the molecule is CCOC(=O)c1c(F)cc(-c2ccc(Cl)c(Cl)c2)cc1F. The Kier molecular flexibility index (Phi) is 4.80. The van der Waals surface area contributed by atoms with Crippen LogP contribution in [-0.2, 0) is 4.74 Å². The van der Waals surface area contributed by atoms with E-state index in [1.807, 2.05) is 0 Å². The van der Waals surface area contributed by atoms with Gasteiger partial charge in [-0.1, -0.05) is 29.3 Å². The van der Waals surface area contributed by atoms with Crippen molar-refractivity contribution in [3.63, 3.8) is 0 Å². The second kappa shape index (κ2) is 6.41. The number of hydrogen-bond acceptors (Lipinski definition) is 2. The van der Waals surface area contributed by atoms with Crippen LogP contribution in [0.2, 0.25) is 10.0 Å². The van der Waals surface area contributed by atoms with E-state index in [-0.39, 0.29) is 17.2 Å². The Morgan fingerprint density at radius 1 is 1.05 bits per heavy atom. The van der Waals surface area contributed by atoms with Gasteiger partial charge in [-0.15, -0.1) is 0 Å². The standard InChI is InChI=1S/C15H10Cl2F2O2/c1-2-21-15(20)14-12(18)6-9(7-13(14)19)8-3-4-10(16)11(17)5-8/h3-7H,2H2,1H3. The van der Waals surface area contributed by atoms with Crippen LogP contribution in [0.5, 0.6) is 0 Å². The van der Waals surface area contributed by atoms with Crippen molar-refractivity contribution in [3.05, 3.63) is 57.6 Å². The van der Waals surface area contributed by atoms with Gasteiger partial charge in [-0.25, -0.2) is 13.6 Å². The third-order valence-corrected chi connectivity index (χ3v) is 3.51. The van der Waals surface area contributed by atoms with Gasteiger partial charge in [0, 0.05) is 0 Å². The Balaban J connectivity index is 2.48. The molecule has 0 radical (unpaired) electrons. The maximum Gasteiger partial charge on any atom is 0.344 e. The van der Waals surface area contributed by atoms with Gasteiger partial charge in [0.05, 0.1) is 16.7 Å². The fraction of sp³-hybridized carbons (Fsp3) is 0.133. The van der Waals surface area contributed by atoms with E-state index < -0.39 is 23.2 Å². The van der Waals surface area contributed by atoms with Crippen molar-refractivity contribution in [2.75, 3.05) is 6.61 Å². The topological polar surface area (TPSA) is 26.3 Å². The molecule has 2 aromatic rings. The van der Waals surface area contributed by atoms with Crippen LogP contribution in [0.1, 0.15) is 17.3 Å². The fourth-order valence-corrected chi connectivity index (χ4v) is 2.11. The van der Waals surface area contributed by atoms with Crippen LogP contribution in [0, 0.1) is 11.6 Å². The Hall–Kier alpha value is -1.65. The molecule has 0 bridgehead atoms. The summed E-state index contributed by atoms with van der Waals surface area (Å²) in [4.78, 5) is 11.5. The summed E-state index contributed by atoms with van der Waals surface area (Å²) in [7, 11) is 0. The highest BCUT2D eigenvalue weighted by atomic mass is 35.5. The van der Waals surface area contributed by atoms with Crippen molar-refractivity contribution in [3.8, 4) is 11.1 Å². The van der Waals surface area contributed by atoms with Crippen LogP contribution in [-0.4, -0.2) is 12.6 Å². The van der Waals surface area contributed by atoms with Crippen LogP contribution in [0.3, 0.4) is 0 Å². The highest BCUT2D eigenvalue weighted by Crippen LogP contribution is 2.30. The predicted octanol–water partition coefficient (Wildman–Crippen LogP) is 5.12. The van der Waals surface area contributed by atoms with Crippen molar-refractivity contribution in [2.45, 2.75) is 6.92 Å². The van der Waals surface area contributed by atoms with E-state index >= 15 is 0 Å². The zero-order chi connectivity index (χ0) is 15.6. The van der Waals surface area contributed by atoms with Gasteiger partial charge < -0.3 is 4.74 Å². The molecule has 0 unspecified atom stereocenters. The fourth-order valence-electron chi connectivity index (χ4n) is 1.81. The maximum absolute atomic E-state index is 14.0. The van der Waals surface area contributed by atoms with Crippen molar-refractivity contribution in [2.24, 2.45) is 0 Å². The minimum atomic E-state index is -1.03. The molecule has 110 valence electrons. The normalized spacial score (nSPS) is 10.5. The van der Waals surface area contributed by atoms with Gasteiger partial charge in [0.15, 0.2) is 0 Å². The zero-order valence-corrected chi connectivity index (χ0v) is 12.4. The second-order valence-corrected chi connectivity index (χ2v) is 4.98. The van der Waals surface area contributed by atoms with E-state index in [2.05, 4.69) is 4.74 Å². The maximum atomic E-state index is 14.0. The summed E-state index contributed by atoms with van der Waals surface area (Å²) in [5.41, 5.74) is 0.0230. The summed E-state index contributed by atoms with van der Waals surface area (Å²) in [5, 5.41) is 0.606. The lowest BCUT2D eigenvalue weighted by Crippen LogP contribution is -2.10. The number of ether oxygens (including phenoxy) is 1. The average Bonchev–Trinajstić information content (AvgIpc) is 2.41. The zero-order valence-electron chi connectivity index (χ0n) is 10.9. The molecular weight excluding hydrogens is 321 g/mol. The highest BCUT2D eigenvalue weighted by molar-refractivity contribution is 6.42. The first kappa shape index (κ1) is 15.7. The van der Waals surface area contributed by atoms with E-state index in [9.17, 15) is 13.6 Å². The summed E-state index contributed by atoms with van der Waals surface area (Å²) in [6, 6.07) is 6.69. The van der Waals surface area contributed by atoms with Crippen LogP contribution in [0.25, 0.3) is 11.1 Å². The molecule has 2 rings (SSSR count). The molecule has 2 nitrogen and oxygen atoms in total. The van der Waals surface area contributed by atoms with Gasteiger partial charge in [0.2, 0.25) is 0 Å². The molecular formula is C15H10Cl2F2O2. The summed E-state index contributed by atoms with van der Waals surface area (Å²) >= 11 is 11.7. The highest BCUT2D eigenvalue weighted by Gasteiger charge is 2.20. The monoisotopic (exact) mass is 330 g/mol. The van der Waals surface area contributed by atoms with Crippen molar-refractivity contribution in [1.29, 1.82) is 0 Å². The molecule has 0 atom stereocenters. The van der Waals surface area contributed by atoms with Gasteiger partial charge in [0.1, 0.15) is 17.2 Å². The average molecular weight is 331 g/mol. The third-order valence-electron chi connectivity index (χ3n) is 2.77. The number of rotatable bonds is 3. The van der Waals surface area contributed by atoms with Crippen molar-refractivity contribution in [1.82, 2.24) is 0 Å². The van der Waals surface area contributed by atoms with Crippen molar-refractivity contribution < 1.29 is 18.3 Å². The molecule has 0 N–H and O–H groups in total. The number of benzene rings is 2. The molecule has 6 heteroatoms. The number of halogens is 4. The molecule has 0 heterocycles. The summed E-state index contributed by atoms with van der Waals surface area (Å²) in [6.07, 6.45) is 0. The minimum Gasteiger partial charge on any atom is -0.462 e. The number of carbonyl (C=O) groups is 1. The van der Waals surface area contributed by atoms with Gasteiger partial charge in [-0.2, -0.15) is 0 Å². The summed E-state index contributed by atoms with van der Waals surface area (Å²) < 4.78 is 32.5. The van der Waals surface area contributed by atoms with Gasteiger partial charge >= 0.3 is 5.97 Å². The Labute approximate surface area is 130 Å². The number of hydrogen-bond donors (Lipinski definition) is 0. The molecule has 0 spiro atoms. The lowest BCUT2D eigenvalue weighted by atomic mass is 10.0. The molecule has 0 saturated carbocycles. The predicted molar refractivity (Wildman–Crippen MR) is 77.8 cm³/mol. The van der Waals surface area contributed by atoms with Gasteiger partial charge in [0.25, 0.3) is 0 Å². The quantitative estimate of drug-likeness (QED) is 0.730. The summed E-state index contributed by atoms with van der Waals surface area (Å²) in [6.45, 7) is 1.59. The minimum absolute atomic E-state index is 0.0340. The van der Waals surface area contributed by atoms with Crippen LogP contribution >= 0.6 is 23.2 Å². The lowest BCUT2D eigenvalue weighted by Gasteiger charge is -2.08. The van der Waals surface area contributed by atoms with Crippen LogP contribution in [0.15, 0.2) is 30.3 Å².